The summed E-state index contributed by atoms with van der Waals surface area (Å²) < 4.78 is 19.1. The predicted molar refractivity (Wildman–Crippen MR) is 191 cm³/mol. The summed E-state index contributed by atoms with van der Waals surface area (Å²) in [6.07, 6.45) is 6.66. The van der Waals surface area contributed by atoms with Gasteiger partial charge in [0, 0.05) is 6.07 Å². The standard InChI is InChI=1S/C39H51N5O7/c1-39(2,3)51-36(46)23-40-37(47)31-22-32(38(48)42-30-19-11-13-21-34(30)50-26-28-16-8-5-9-17-28)44(43-31)24-35(45)41-29-18-10-12-20-33(29)49-25-27-14-6-4-7-15-27/h4-9,14-17,22,29-30,33-34H,10-13,18-21,23-26H2,1-3H3,(H,40,47)(H,41,45)(H,42,48)/t29-,30-,33-,34-/m0/s1. The van der Waals surface area contributed by atoms with Crippen LogP contribution in [0.4, 0.5) is 0 Å². The Morgan fingerprint density at radius 3 is 1.82 bits per heavy atom. The molecule has 1 heterocycles. The number of amides is 3. The molecule has 3 aromatic rings. The highest BCUT2D eigenvalue weighted by Gasteiger charge is 2.31. The molecule has 2 aromatic carbocycles. The third-order valence-corrected chi connectivity index (χ3v) is 9.03. The highest BCUT2D eigenvalue weighted by Crippen LogP contribution is 2.24. The van der Waals surface area contributed by atoms with Gasteiger partial charge in [0.05, 0.1) is 37.5 Å². The summed E-state index contributed by atoms with van der Waals surface area (Å²) in [5.41, 5.74) is 1.35. The van der Waals surface area contributed by atoms with Crippen molar-refractivity contribution >= 4 is 23.7 Å². The van der Waals surface area contributed by atoms with Crippen LogP contribution < -0.4 is 16.0 Å². The van der Waals surface area contributed by atoms with Gasteiger partial charge in [0.2, 0.25) is 5.91 Å². The van der Waals surface area contributed by atoms with Crippen LogP contribution in [-0.4, -0.2) is 69.9 Å². The molecule has 2 aliphatic carbocycles. The first kappa shape index (κ1) is 37.7. The van der Waals surface area contributed by atoms with Gasteiger partial charge in [0.1, 0.15) is 24.4 Å². The molecule has 2 saturated carbocycles. The maximum absolute atomic E-state index is 13.9. The zero-order valence-corrected chi connectivity index (χ0v) is 29.9. The first-order chi connectivity index (χ1) is 24.5. The molecule has 3 amide bonds. The van der Waals surface area contributed by atoms with Gasteiger partial charge in [0.25, 0.3) is 11.8 Å². The van der Waals surface area contributed by atoms with Crippen molar-refractivity contribution in [3.8, 4) is 0 Å². The first-order valence-electron chi connectivity index (χ1n) is 18.0. The van der Waals surface area contributed by atoms with Crippen molar-refractivity contribution in [2.75, 3.05) is 6.54 Å². The number of nitrogens with zero attached hydrogens (tertiary/aromatic N) is 2. The van der Waals surface area contributed by atoms with Crippen LogP contribution in [0.5, 0.6) is 0 Å². The molecule has 4 atom stereocenters. The number of nitrogens with one attached hydrogen (secondary N) is 3. The topological polar surface area (TPSA) is 150 Å². The molecule has 3 N–H and O–H groups in total. The lowest BCUT2D eigenvalue weighted by atomic mass is 9.92. The lowest BCUT2D eigenvalue weighted by Gasteiger charge is -2.32. The van der Waals surface area contributed by atoms with Crippen molar-refractivity contribution in [2.24, 2.45) is 0 Å². The molecule has 0 spiro atoms. The lowest BCUT2D eigenvalue weighted by Crippen LogP contribution is -2.48. The number of hydrogen-bond donors (Lipinski definition) is 3. The summed E-state index contributed by atoms with van der Waals surface area (Å²) >= 11 is 0. The quantitative estimate of drug-likeness (QED) is 0.202. The molecule has 2 fully saturated rings. The van der Waals surface area contributed by atoms with Crippen LogP contribution in [0.25, 0.3) is 0 Å². The number of carbonyl (C=O) groups excluding carboxylic acids is 4. The molecule has 0 saturated heterocycles. The third kappa shape index (κ3) is 11.8. The summed E-state index contributed by atoms with van der Waals surface area (Å²) in [5.74, 6) is -2.10. The predicted octanol–water partition coefficient (Wildman–Crippen LogP) is 4.86. The van der Waals surface area contributed by atoms with Crippen molar-refractivity contribution in [1.29, 1.82) is 0 Å². The Kier molecular flexibility index (Phi) is 13.4. The second-order valence-corrected chi connectivity index (χ2v) is 14.3. The fourth-order valence-corrected chi connectivity index (χ4v) is 6.56. The van der Waals surface area contributed by atoms with Crippen molar-refractivity contribution in [1.82, 2.24) is 25.7 Å². The fourth-order valence-electron chi connectivity index (χ4n) is 6.56. The molecular weight excluding hydrogens is 650 g/mol. The van der Waals surface area contributed by atoms with Crippen molar-refractivity contribution in [2.45, 2.75) is 122 Å². The molecule has 1 aromatic heterocycles. The van der Waals surface area contributed by atoms with E-state index in [9.17, 15) is 19.2 Å². The molecule has 2 aliphatic rings. The van der Waals surface area contributed by atoms with Crippen LogP contribution in [0.2, 0.25) is 0 Å². The van der Waals surface area contributed by atoms with Gasteiger partial charge < -0.3 is 30.2 Å². The second kappa shape index (κ2) is 18.1. The number of hydrogen-bond acceptors (Lipinski definition) is 8. The molecule has 274 valence electrons. The molecule has 12 nitrogen and oxygen atoms in total. The van der Waals surface area contributed by atoms with Gasteiger partial charge in [0.15, 0.2) is 5.69 Å². The Hall–Kier alpha value is -4.55. The van der Waals surface area contributed by atoms with Crippen LogP contribution in [-0.2, 0) is 43.6 Å². The summed E-state index contributed by atoms with van der Waals surface area (Å²) in [6, 6.07) is 20.7. The summed E-state index contributed by atoms with van der Waals surface area (Å²) in [4.78, 5) is 52.8. The van der Waals surface area contributed by atoms with Crippen LogP contribution in [0, 0.1) is 0 Å². The van der Waals surface area contributed by atoms with E-state index in [-0.39, 0.29) is 54.7 Å². The SMILES string of the molecule is CC(C)(C)OC(=O)CNC(=O)c1cc(C(=O)N[C@H]2CCCC[C@@H]2OCc2ccccc2)n(CC(=O)N[C@H]2CCCC[C@@H]2OCc2ccccc2)n1. The molecule has 0 aliphatic heterocycles. The average Bonchev–Trinajstić information content (AvgIpc) is 3.54. The van der Waals surface area contributed by atoms with E-state index in [0.29, 0.717) is 13.2 Å². The number of carbonyl (C=O) groups is 4. The summed E-state index contributed by atoms with van der Waals surface area (Å²) in [6.45, 7) is 5.41. The van der Waals surface area contributed by atoms with E-state index in [1.165, 1.54) is 10.7 Å². The maximum Gasteiger partial charge on any atom is 0.325 e. The van der Waals surface area contributed by atoms with Crippen LogP contribution >= 0.6 is 0 Å². The molecule has 0 unspecified atom stereocenters. The Morgan fingerprint density at radius 1 is 0.745 bits per heavy atom. The minimum absolute atomic E-state index is 0.0560. The number of rotatable bonds is 14. The highest BCUT2D eigenvalue weighted by atomic mass is 16.6. The molecule has 12 heteroatoms. The van der Waals surface area contributed by atoms with E-state index < -0.39 is 23.4 Å². The second-order valence-electron chi connectivity index (χ2n) is 14.3. The van der Waals surface area contributed by atoms with Crippen molar-refractivity contribution in [3.63, 3.8) is 0 Å². The van der Waals surface area contributed by atoms with E-state index in [1.54, 1.807) is 20.8 Å². The zero-order chi connectivity index (χ0) is 36.2. The molecule has 0 radical (unpaired) electrons. The Bertz CT molecular complexity index is 1600. The van der Waals surface area contributed by atoms with Gasteiger partial charge in [-0.1, -0.05) is 86.3 Å². The smallest absolute Gasteiger partial charge is 0.325 e. The first-order valence-corrected chi connectivity index (χ1v) is 18.0. The minimum atomic E-state index is -0.715. The van der Waals surface area contributed by atoms with Crippen molar-refractivity contribution < 1.29 is 33.4 Å². The van der Waals surface area contributed by atoms with Crippen LogP contribution in [0.1, 0.15) is 104 Å². The Labute approximate surface area is 300 Å². The minimum Gasteiger partial charge on any atom is -0.459 e. The zero-order valence-electron chi connectivity index (χ0n) is 29.9. The van der Waals surface area contributed by atoms with Gasteiger partial charge in [-0.15, -0.1) is 0 Å². The average molecular weight is 702 g/mol. The molecule has 5 rings (SSSR count). The number of aromatic nitrogens is 2. The number of esters is 1. The maximum atomic E-state index is 13.9. The monoisotopic (exact) mass is 701 g/mol. The number of ether oxygens (including phenoxy) is 3. The Balaban J connectivity index is 1.28. The van der Waals surface area contributed by atoms with E-state index in [4.69, 9.17) is 14.2 Å². The van der Waals surface area contributed by atoms with Crippen molar-refractivity contribution in [3.05, 3.63) is 89.2 Å². The van der Waals surface area contributed by atoms with Gasteiger partial charge in [-0.05, 0) is 57.6 Å². The van der Waals surface area contributed by atoms with E-state index in [1.807, 2.05) is 60.7 Å². The summed E-state index contributed by atoms with van der Waals surface area (Å²) in [5, 5.41) is 13.1. The van der Waals surface area contributed by atoms with E-state index >= 15 is 0 Å². The Morgan fingerprint density at radius 2 is 1.27 bits per heavy atom. The summed E-state index contributed by atoms with van der Waals surface area (Å²) in [7, 11) is 0. The van der Waals surface area contributed by atoms with Gasteiger partial charge >= 0.3 is 5.97 Å². The number of benzene rings is 2. The van der Waals surface area contributed by atoms with Crippen LogP contribution in [0.3, 0.4) is 0 Å². The third-order valence-electron chi connectivity index (χ3n) is 9.03. The normalized spacial score (nSPS) is 20.6. The van der Waals surface area contributed by atoms with E-state index in [2.05, 4.69) is 21.0 Å². The van der Waals surface area contributed by atoms with E-state index in [0.717, 1.165) is 62.5 Å². The molecular formula is C39H51N5O7. The fraction of sp³-hybridized carbons (Fsp3) is 0.513. The van der Waals surface area contributed by atoms with Gasteiger partial charge in [-0.3, -0.25) is 19.2 Å². The highest BCUT2D eigenvalue weighted by molar-refractivity contribution is 5.99. The van der Waals surface area contributed by atoms with Gasteiger partial charge in [-0.25, -0.2) is 4.68 Å². The molecule has 0 bridgehead atoms. The molecule has 51 heavy (non-hydrogen) atoms. The largest absolute Gasteiger partial charge is 0.459 e. The van der Waals surface area contributed by atoms with Crippen LogP contribution in [0.15, 0.2) is 66.7 Å². The van der Waals surface area contributed by atoms with Gasteiger partial charge in [-0.2, -0.15) is 5.10 Å². The lowest BCUT2D eigenvalue weighted by molar-refractivity contribution is -0.153.